The van der Waals surface area contributed by atoms with Gasteiger partial charge in [-0.05, 0) is 31.0 Å². The predicted molar refractivity (Wildman–Crippen MR) is 61.7 cm³/mol. The number of fused-ring (bicyclic) bond motifs is 1. The van der Waals surface area contributed by atoms with Crippen LogP contribution in [-0.4, -0.2) is 4.57 Å². The molecule has 0 aliphatic carbocycles. The average Bonchev–Trinajstić information content (AvgIpc) is 2.57. The highest BCUT2D eigenvalue weighted by atomic mass is 19.1. The van der Waals surface area contributed by atoms with E-state index in [1.165, 1.54) is 11.8 Å². The van der Waals surface area contributed by atoms with Crippen LogP contribution in [0.4, 0.5) is 4.39 Å². The molecule has 0 fully saturated rings. The quantitative estimate of drug-likeness (QED) is 0.700. The summed E-state index contributed by atoms with van der Waals surface area (Å²) in [5, 5.41) is 0.739. The molecule has 0 radical (unpaired) electrons. The van der Waals surface area contributed by atoms with Crippen molar-refractivity contribution in [2.24, 2.45) is 0 Å². The van der Waals surface area contributed by atoms with Gasteiger partial charge in [-0.3, -0.25) is 0 Å². The van der Waals surface area contributed by atoms with Gasteiger partial charge in [-0.1, -0.05) is 19.9 Å². The molecule has 80 valence electrons. The van der Waals surface area contributed by atoms with Gasteiger partial charge in [-0.15, -0.1) is 0 Å². The summed E-state index contributed by atoms with van der Waals surface area (Å²) in [7, 11) is 0. The number of rotatable bonds is 2. The molecule has 0 spiro atoms. The molecular weight excluding hydrogens is 189 g/mol. The van der Waals surface area contributed by atoms with Crippen molar-refractivity contribution in [3.05, 3.63) is 35.8 Å². The van der Waals surface area contributed by atoms with Crippen LogP contribution in [0, 0.1) is 5.82 Å². The van der Waals surface area contributed by atoms with Gasteiger partial charge < -0.3 is 4.57 Å². The van der Waals surface area contributed by atoms with Crippen LogP contribution in [0.15, 0.2) is 24.3 Å². The van der Waals surface area contributed by atoms with E-state index in [0.29, 0.717) is 5.92 Å². The van der Waals surface area contributed by atoms with E-state index >= 15 is 0 Å². The second-order valence-electron chi connectivity index (χ2n) is 4.14. The Balaban J connectivity index is 2.78. The minimum Gasteiger partial charge on any atom is -0.345 e. The first-order valence-corrected chi connectivity index (χ1v) is 5.42. The van der Waals surface area contributed by atoms with Gasteiger partial charge in [0, 0.05) is 17.6 Å². The van der Waals surface area contributed by atoms with Crippen LogP contribution in [0.3, 0.4) is 0 Å². The van der Waals surface area contributed by atoms with Gasteiger partial charge in [0.1, 0.15) is 5.82 Å². The van der Waals surface area contributed by atoms with Crippen LogP contribution in [-0.2, 0) is 6.54 Å². The summed E-state index contributed by atoms with van der Waals surface area (Å²) in [5.41, 5.74) is 2.21. The van der Waals surface area contributed by atoms with Gasteiger partial charge in [-0.25, -0.2) is 4.39 Å². The van der Waals surface area contributed by atoms with Gasteiger partial charge in [-0.2, -0.15) is 0 Å². The Labute approximate surface area is 89.5 Å². The Morgan fingerprint density at radius 1 is 1.33 bits per heavy atom. The second kappa shape index (κ2) is 3.69. The normalized spacial score (nSPS) is 11.5. The summed E-state index contributed by atoms with van der Waals surface area (Å²) >= 11 is 0. The van der Waals surface area contributed by atoms with Gasteiger partial charge in [0.05, 0.1) is 5.52 Å². The van der Waals surface area contributed by atoms with E-state index in [1.54, 1.807) is 6.07 Å². The lowest BCUT2D eigenvalue weighted by atomic mass is 10.1. The lowest BCUT2D eigenvalue weighted by Crippen LogP contribution is -2.01. The molecule has 15 heavy (non-hydrogen) atoms. The maximum atomic E-state index is 13.6. The molecule has 0 atom stereocenters. The molecule has 1 nitrogen and oxygen atoms in total. The molecule has 0 bridgehead atoms. The molecule has 0 N–H and O–H groups in total. The maximum Gasteiger partial charge on any atom is 0.132 e. The lowest BCUT2D eigenvalue weighted by molar-refractivity contribution is 0.639. The molecule has 1 heterocycles. The Morgan fingerprint density at radius 3 is 2.67 bits per heavy atom. The zero-order valence-corrected chi connectivity index (χ0v) is 9.42. The fourth-order valence-corrected chi connectivity index (χ4v) is 2.10. The third-order valence-electron chi connectivity index (χ3n) is 2.83. The highest BCUT2D eigenvalue weighted by Crippen LogP contribution is 2.26. The molecule has 2 rings (SSSR count). The third kappa shape index (κ3) is 1.54. The van der Waals surface area contributed by atoms with Crippen molar-refractivity contribution in [1.82, 2.24) is 4.57 Å². The molecular formula is C13H16FN. The van der Waals surface area contributed by atoms with E-state index < -0.39 is 0 Å². The Kier molecular flexibility index (Phi) is 2.51. The maximum absolute atomic E-state index is 13.6. The smallest absolute Gasteiger partial charge is 0.132 e. The summed E-state index contributed by atoms with van der Waals surface area (Å²) in [6.07, 6.45) is 0. The average molecular weight is 205 g/mol. The molecule has 1 aromatic heterocycles. The van der Waals surface area contributed by atoms with Crippen molar-refractivity contribution in [2.45, 2.75) is 33.2 Å². The van der Waals surface area contributed by atoms with Crippen LogP contribution in [0.1, 0.15) is 32.4 Å². The minimum atomic E-state index is -0.124. The van der Waals surface area contributed by atoms with Gasteiger partial charge >= 0.3 is 0 Å². The molecule has 2 heteroatoms. The van der Waals surface area contributed by atoms with Crippen LogP contribution in [0.5, 0.6) is 0 Å². The number of benzene rings is 1. The molecule has 0 aliphatic rings. The number of aryl methyl sites for hydroxylation is 1. The number of aromatic nitrogens is 1. The molecule has 0 saturated carbocycles. The standard InChI is InChI=1S/C13H16FN/c1-4-15-12-7-5-6-11(14)10(12)8-13(15)9(2)3/h5-9H,4H2,1-3H3. The highest BCUT2D eigenvalue weighted by Gasteiger charge is 2.12. The van der Waals surface area contributed by atoms with E-state index in [0.717, 1.165) is 17.4 Å². The summed E-state index contributed by atoms with van der Waals surface area (Å²) in [6, 6.07) is 7.24. The number of halogens is 1. The monoisotopic (exact) mass is 205 g/mol. The number of hydrogen-bond donors (Lipinski definition) is 0. The fraction of sp³-hybridized carbons (Fsp3) is 0.385. The summed E-state index contributed by atoms with van der Waals surface area (Å²) in [5.74, 6) is 0.304. The number of hydrogen-bond acceptors (Lipinski definition) is 0. The SMILES string of the molecule is CCn1c(C(C)C)cc2c(F)cccc21. The second-order valence-corrected chi connectivity index (χ2v) is 4.14. The number of nitrogens with zero attached hydrogens (tertiary/aromatic N) is 1. The molecule has 0 unspecified atom stereocenters. The van der Waals surface area contributed by atoms with Crippen molar-refractivity contribution in [3.63, 3.8) is 0 Å². The topological polar surface area (TPSA) is 4.93 Å². The lowest BCUT2D eigenvalue weighted by Gasteiger charge is -2.10. The van der Waals surface area contributed by atoms with Crippen molar-refractivity contribution in [1.29, 1.82) is 0 Å². The first-order chi connectivity index (χ1) is 7.15. The molecule has 0 saturated heterocycles. The molecule has 1 aromatic carbocycles. The van der Waals surface area contributed by atoms with E-state index in [9.17, 15) is 4.39 Å². The van der Waals surface area contributed by atoms with Crippen molar-refractivity contribution < 1.29 is 4.39 Å². The van der Waals surface area contributed by atoms with Gasteiger partial charge in [0.15, 0.2) is 0 Å². The summed E-state index contributed by atoms with van der Waals surface area (Å²) in [4.78, 5) is 0. The Morgan fingerprint density at radius 2 is 2.07 bits per heavy atom. The largest absolute Gasteiger partial charge is 0.345 e. The van der Waals surface area contributed by atoms with E-state index in [-0.39, 0.29) is 5.82 Å². The van der Waals surface area contributed by atoms with Crippen LogP contribution in [0.2, 0.25) is 0 Å². The van der Waals surface area contributed by atoms with E-state index in [1.807, 2.05) is 12.1 Å². The zero-order valence-electron chi connectivity index (χ0n) is 9.42. The van der Waals surface area contributed by atoms with Crippen molar-refractivity contribution >= 4 is 10.9 Å². The van der Waals surface area contributed by atoms with E-state index in [2.05, 4.69) is 25.3 Å². The van der Waals surface area contributed by atoms with Crippen LogP contribution < -0.4 is 0 Å². The molecule has 0 aliphatic heterocycles. The third-order valence-corrected chi connectivity index (χ3v) is 2.83. The van der Waals surface area contributed by atoms with Gasteiger partial charge in [0.2, 0.25) is 0 Å². The van der Waals surface area contributed by atoms with Crippen molar-refractivity contribution in [3.8, 4) is 0 Å². The molecule has 0 amide bonds. The Bertz CT molecular complexity index is 482. The molecule has 2 aromatic rings. The van der Waals surface area contributed by atoms with Crippen LogP contribution in [0.25, 0.3) is 10.9 Å². The summed E-state index contributed by atoms with van der Waals surface area (Å²) < 4.78 is 15.7. The van der Waals surface area contributed by atoms with Crippen molar-refractivity contribution in [2.75, 3.05) is 0 Å². The Hall–Kier alpha value is -1.31. The minimum absolute atomic E-state index is 0.124. The predicted octanol–water partition coefficient (Wildman–Crippen LogP) is 3.92. The van der Waals surface area contributed by atoms with E-state index in [4.69, 9.17) is 0 Å². The summed E-state index contributed by atoms with van der Waals surface area (Å²) in [6.45, 7) is 7.26. The first kappa shape index (κ1) is 10.2. The first-order valence-electron chi connectivity index (χ1n) is 5.42. The van der Waals surface area contributed by atoms with Gasteiger partial charge in [0.25, 0.3) is 0 Å². The zero-order chi connectivity index (χ0) is 11.0. The fourth-order valence-electron chi connectivity index (χ4n) is 2.10. The highest BCUT2D eigenvalue weighted by molar-refractivity contribution is 5.82. The van der Waals surface area contributed by atoms with Crippen LogP contribution >= 0.6 is 0 Å².